The van der Waals surface area contributed by atoms with Gasteiger partial charge in [0.2, 0.25) is 0 Å². The molecule has 0 spiro atoms. The third-order valence-electron chi connectivity index (χ3n) is 3.09. The number of ether oxygens (including phenoxy) is 1. The molecule has 20 heavy (non-hydrogen) atoms. The second kappa shape index (κ2) is 7.07. The number of hydrogen-bond acceptors (Lipinski definition) is 3. The van der Waals surface area contributed by atoms with Crippen LogP contribution in [0.5, 0.6) is 0 Å². The van der Waals surface area contributed by atoms with E-state index in [4.69, 9.17) is 16.3 Å². The van der Waals surface area contributed by atoms with Gasteiger partial charge in [-0.15, -0.1) is 0 Å². The highest BCUT2D eigenvalue weighted by molar-refractivity contribution is 6.29. The minimum atomic E-state index is -0.429. The number of nitrogens with zero attached hydrogens (tertiary/aromatic N) is 1. The molecular weight excluding hydrogens is 274 g/mol. The highest BCUT2D eigenvalue weighted by atomic mass is 35.5. The van der Waals surface area contributed by atoms with Gasteiger partial charge in [-0.3, -0.25) is 4.79 Å². The molecule has 0 aromatic carbocycles. The van der Waals surface area contributed by atoms with Crippen molar-refractivity contribution >= 4 is 17.6 Å². The number of aromatic nitrogens is 1. The van der Waals surface area contributed by atoms with Crippen LogP contribution in [0.15, 0.2) is 12.3 Å². The normalized spacial score (nSPS) is 13.1. The van der Waals surface area contributed by atoms with Gasteiger partial charge < -0.3 is 4.74 Å². The quantitative estimate of drug-likeness (QED) is 0.604. The van der Waals surface area contributed by atoms with Gasteiger partial charge in [-0.1, -0.05) is 25.4 Å². The minimum absolute atomic E-state index is 0.116. The van der Waals surface area contributed by atoms with Crippen molar-refractivity contribution in [2.45, 2.75) is 59.5 Å². The Hall–Kier alpha value is -1.09. The van der Waals surface area contributed by atoms with Crippen LogP contribution in [0.2, 0.25) is 5.15 Å². The van der Waals surface area contributed by atoms with Crippen LogP contribution in [-0.2, 0) is 22.4 Å². The summed E-state index contributed by atoms with van der Waals surface area (Å²) in [7, 11) is 0. The number of hydrogen-bond donors (Lipinski definition) is 0. The van der Waals surface area contributed by atoms with E-state index < -0.39 is 5.60 Å². The van der Waals surface area contributed by atoms with E-state index in [2.05, 4.69) is 11.9 Å². The number of carbonyl (C=O) groups excluding carboxylic acids is 1. The standard InChI is InChI=1S/C16H24ClNO2/c1-6-12-9-14(17)18-10-13(12)8-7-11(2)15(19)20-16(3,4)5/h9-11H,6-8H2,1-5H3. The molecule has 0 fully saturated rings. The lowest BCUT2D eigenvalue weighted by Crippen LogP contribution is -2.27. The summed E-state index contributed by atoms with van der Waals surface area (Å²) >= 11 is 5.90. The van der Waals surface area contributed by atoms with E-state index >= 15 is 0 Å². The average molecular weight is 298 g/mol. The van der Waals surface area contributed by atoms with Crippen molar-refractivity contribution in [3.8, 4) is 0 Å². The molecule has 0 radical (unpaired) electrons. The SMILES string of the molecule is CCc1cc(Cl)ncc1CCC(C)C(=O)OC(C)(C)C. The van der Waals surface area contributed by atoms with Crippen LogP contribution in [0.1, 0.15) is 52.2 Å². The van der Waals surface area contributed by atoms with Gasteiger partial charge in [-0.25, -0.2) is 4.98 Å². The monoisotopic (exact) mass is 297 g/mol. The lowest BCUT2D eigenvalue weighted by Gasteiger charge is -2.22. The first-order valence-electron chi connectivity index (χ1n) is 7.09. The molecule has 0 aliphatic heterocycles. The first-order valence-corrected chi connectivity index (χ1v) is 7.47. The summed E-state index contributed by atoms with van der Waals surface area (Å²) in [5, 5.41) is 0.519. The van der Waals surface area contributed by atoms with Gasteiger partial charge in [-0.2, -0.15) is 0 Å². The Bertz CT molecular complexity index is 466. The van der Waals surface area contributed by atoms with E-state index in [0.717, 1.165) is 24.8 Å². The average Bonchev–Trinajstić information content (AvgIpc) is 2.34. The Kier molecular flexibility index (Phi) is 6.00. The number of rotatable bonds is 5. The first kappa shape index (κ1) is 17.0. The molecule has 1 aromatic rings. The Balaban J connectivity index is 2.61. The second-order valence-electron chi connectivity index (χ2n) is 6.10. The molecule has 0 aliphatic rings. The molecule has 0 N–H and O–H groups in total. The molecule has 0 saturated heterocycles. The zero-order chi connectivity index (χ0) is 15.3. The van der Waals surface area contributed by atoms with Crippen LogP contribution >= 0.6 is 11.6 Å². The Morgan fingerprint density at radius 3 is 2.60 bits per heavy atom. The summed E-state index contributed by atoms with van der Waals surface area (Å²) in [6, 6.07) is 1.90. The van der Waals surface area contributed by atoms with Crippen LogP contribution in [0, 0.1) is 5.92 Å². The van der Waals surface area contributed by atoms with Crippen LogP contribution in [0.3, 0.4) is 0 Å². The maximum Gasteiger partial charge on any atom is 0.309 e. The number of esters is 1. The van der Waals surface area contributed by atoms with E-state index in [1.807, 2.05) is 40.0 Å². The summed E-state index contributed by atoms with van der Waals surface area (Å²) in [5.41, 5.74) is 1.93. The maximum absolute atomic E-state index is 11.9. The van der Waals surface area contributed by atoms with Gasteiger partial charge in [-0.05, 0) is 57.2 Å². The third kappa shape index (κ3) is 5.49. The van der Waals surface area contributed by atoms with Crippen LogP contribution in [0.4, 0.5) is 0 Å². The molecular formula is C16H24ClNO2. The minimum Gasteiger partial charge on any atom is -0.460 e. The van der Waals surface area contributed by atoms with Crippen molar-refractivity contribution < 1.29 is 9.53 Å². The lowest BCUT2D eigenvalue weighted by atomic mass is 9.98. The smallest absolute Gasteiger partial charge is 0.309 e. The Morgan fingerprint density at radius 1 is 1.40 bits per heavy atom. The zero-order valence-corrected chi connectivity index (χ0v) is 13.8. The second-order valence-corrected chi connectivity index (χ2v) is 6.49. The van der Waals surface area contributed by atoms with E-state index in [1.165, 1.54) is 5.56 Å². The van der Waals surface area contributed by atoms with Crippen LogP contribution in [-0.4, -0.2) is 16.6 Å². The van der Waals surface area contributed by atoms with E-state index in [-0.39, 0.29) is 11.9 Å². The molecule has 0 aliphatic carbocycles. The van der Waals surface area contributed by atoms with Crippen molar-refractivity contribution in [2.75, 3.05) is 0 Å². The molecule has 0 amide bonds. The summed E-state index contributed by atoms with van der Waals surface area (Å²) in [5.74, 6) is -0.257. The fourth-order valence-electron chi connectivity index (χ4n) is 1.94. The van der Waals surface area contributed by atoms with Crippen molar-refractivity contribution in [1.29, 1.82) is 0 Å². The topological polar surface area (TPSA) is 39.2 Å². The fraction of sp³-hybridized carbons (Fsp3) is 0.625. The lowest BCUT2D eigenvalue weighted by molar-refractivity contribution is -0.159. The van der Waals surface area contributed by atoms with Gasteiger partial charge in [0.05, 0.1) is 5.92 Å². The predicted molar refractivity (Wildman–Crippen MR) is 82.0 cm³/mol. The fourth-order valence-corrected chi connectivity index (χ4v) is 2.12. The number of aryl methyl sites for hydroxylation is 2. The Labute approximate surface area is 126 Å². The zero-order valence-electron chi connectivity index (χ0n) is 13.0. The maximum atomic E-state index is 11.9. The largest absolute Gasteiger partial charge is 0.460 e. The molecule has 112 valence electrons. The van der Waals surface area contributed by atoms with Crippen molar-refractivity contribution in [2.24, 2.45) is 5.92 Å². The summed E-state index contributed by atoms with van der Waals surface area (Å²) < 4.78 is 5.39. The van der Waals surface area contributed by atoms with Gasteiger partial charge in [0.1, 0.15) is 10.8 Å². The number of pyridine rings is 1. The highest BCUT2D eigenvalue weighted by Gasteiger charge is 2.21. The third-order valence-corrected chi connectivity index (χ3v) is 3.29. The van der Waals surface area contributed by atoms with E-state index in [0.29, 0.717) is 5.15 Å². The van der Waals surface area contributed by atoms with Crippen LogP contribution < -0.4 is 0 Å². The molecule has 3 nitrogen and oxygen atoms in total. The van der Waals surface area contributed by atoms with E-state index in [9.17, 15) is 4.79 Å². The predicted octanol–water partition coefficient (Wildman–Crippen LogP) is 4.21. The van der Waals surface area contributed by atoms with Gasteiger partial charge in [0, 0.05) is 6.20 Å². The van der Waals surface area contributed by atoms with Crippen molar-refractivity contribution in [1.82, 2.24) is 4.98 Å². The van der Waals surface area contributed by atoms with Gasteiger partial charge in [0.15, 0.2) is 0 Å². The van der Waals surface area contributed by atoms with E-state index in [1.54, 1.807) is 0 Å². The summed E-state index contributed by atoms with van der Waals surface area (Å²) in [4.78, 5) is 16.0. The molecule has 1 rings (SSSR count). The number of carbonyl (C=O) groups is 1. The Morgan fingerprint density at radius 2 is 2.05 bits per heavy atom. The molecule has 4 heteroatoms. The first-order chi connectivity index (χ1) is 9.23. The molecule has 0 bridgehead atoms. The summed E-state index contributed by atoms with van der Waals surface area (Å²) in [6.45, 7) is 9.65. The highest BCUT2D eigenvalue weighted by Crippen LogP contribution is 2.19. The molecule has 1 atom stereocenters. The van der Waals surface area contributed by atoms with Crippen molar-refractivity contribution in [3.05, 3.63) is 28.5 Å². The molecule has 0 saturated carbocycles. The van der Waals surface area contributed by atoms with Gasteiger partial charge >= 0.3 is 5.97 Å². The van der Waals surface area contributed by atoms with Crippen LogP contribution in [0.25, 0.3) is 0 Å². The molecule has 1 heterocycles. The number of halogens is 1. The van der Waals surface area contributed by atoms with Crippen molar-refractivity contribution in [3.63, 3.8) is 0 Å². The summed E-state index contributed by atoms with van der Waals surface area (Å²) in [6.07, 6.45) is 4.29. The molecule has 1 unspecified atom stereocenters. The van der Waals surface area contributed by atoms with Gasteiger partial charge in [0.25, 0.3) is 0 Å². The molecule has 1 aromatic heterocycles.